The molecule has 4 nitrogen and oxygen atoms in total. The second-order valence-electron chi connectivity index (χ2n) is 2.39. The zero-order valence-electron chi connectivity index (χ0n) is 6.77. The maximum absolute atomic E-state index is 10.6. The summed E-state index contributed by atoms with van der Waals surface area (Å²) >= 11 is 0. The van der Waals surface area contributed by atoms with E-state index in [9.17, 15) is 4.79 Å². The molecule has 0 aromatic rings. The van der Waals surface area contributed by atoms with Crippen molar-refractivity contribution in [2.45, 2.75) is 0 Å². The first-order chi connectivity index (χ1) is 5.83. The van der Waals surface area contributed by atoms with Gasteiger partial charge in [-0.3, -0.25) is 4.79 Å². The van der Waals surface area contributed by atoms with Crippen molar-refractivity contribution in [2.24, 2.45) is 5.73 Å². The topological polar surface area (TPSA) is 55.6 Å². The van der Waals surface area contributed by atoms with Gasteiger partial charge < -0.3 is 15.4 Å². The van der Waals surface area contributed by atoms with Crippen molar-refractivity contribution in [3.05, 3.63) is 24.4 Å². The fraction of sp³-hybridized carbons (Fsp3) is 0.375. The highest BCUT2D eigenvalue weighted by molar-refractivity contribution is 5.71. The number of carbonyl (C=O) groups excluding carboxylic acids is 1. The fourth-order valence-electron chi connectivity index (χ4n) is 0.817. The normalized spacial score (nSPS) is 14.9. The summed E-state index contributed by atoms with van der Waals surface area (Å²) in [5.41, 5.74) is 5.06. The molecule has 4 heteroatoms. The SMILES string of the molecule is NCC(=O)OCN1C=CC=CC1. The number of carbonyl (C=O) groups is 1. The van der Waals surface area contributed by atoms with Gasteiger partial charge in [0.2, 0.25) is 0 Å². The quantitative estimate of drug-likeness (QED) is 0.594. The Morgan fingerprint density at radius 1 is 1.58 bits per heavy atom. The average Bonchev–Trinajstić information content (AvgIpc) is 2.16. The van der Waals surface area contributed by atoms with E-state index in [4.69, 9.17) is 10.5 Å². The van der Waals surface area contributed by atoms with Crippen LogP contribution >= 0.6 is 0 Å². The number of rotatable bonds is 3. The molecule has 0 aromatic heterocycles. The predicted octanol–water partition coefficient (Wildman–Crippen LogP) is -0.169. The standard InChI is InChI=1S/C8H12N2O2/c9-6-8(11)12-7-10-4-2-1-3-5-10/h1-4H,5-7,9H2. The number of ether oxygens (including phenoxy) is 1. The minimum Gasteiger partial charge on any atom is -0.443 e. The Balaban J connectivity index is 2.19. The zero-order valence-corrected chi connectivity index (χ0v) is 6.77. The third-order valence-corrected chi connectivity index (χ3v) is 1.44. The molecule has 0 bridgehead atoms. The van der Waals surface area contributed by atoms with Crippen molar-refractivity contribution in [3.63, 3.8) is 0 Å². The smallest absolute Gasteiger partial charge is 0.321 e. The summed E-state index contributed by atoms with van der Waals surface area (Å²) in [6.45, 7) is 0.985. The van der Waals surface area contributed by atoms with E-state index >= 15 is 0 Å². The Morgan fingerprint density at radius 2 is 2.42 bits per heavy atom. The Kier molecular flexibility index (Phi) is 3.35. The van der Waals surface area contributed by atoms with Gasteiger partial charge in [0.25, 0.3) is 0 Å². The molecule has 0 unspecified atom stereocenters. The first-order valence-corrected chi connectivity index (χ1v) is 3.76. The van der Waals surface area contributed by atoms with E-state index in [0.29, 0.717) is 0 Å². The third kappa shape index (κ3) is 2.75. The summed E-state index contributed by atoms with van der Waals surface area (Å²) in [7, 11) is 0. The Labute approximate surface area is 71.3 Å². The summed E-state index contributed by atoms with van der Waals surface area (Å²) < 4.78 is 4.81. The molecule has 0 saturated carbocycles. The molecule has 2 N–H and O–H groups in total. The van der Waals surface area contributed by atoms with E-state index in [1.165, 1.54) is 0 Å². The monoisotopic (exact) mass is 168 g/mol. The highest BCUT2D eigenvalue weighted by atomic mass is 16.5. The number of nitrogens with two attached hydrogens (primary N) is 1. The lowest BCUT2D eigenvalue weighted by Gasteiger charge is -2.19. The minimum atomic E-state index is -0.377. The van der Waals surface area contributed by atoms with Gasteiger partial charge in [-0.05, 0) is 6.08 Å². The van der Waals surface area contributed by atoms with Crippen molar-refractivity contribution >= 4 is 5.97 Å². The van der Waals surface area contributed by atoms with Gasteiger partial charge in [-0.25, -0.2) is 0 Å². The lowest BCUT2D eigenvalue weighted by Crippen LogP contribution is -2.27. The minimum absolute atomic E-state index is 0.0621. The van der Waals surface area contributed by atoms with E-state index in [0.717, 1.165) is 6.54 Å². The van der Waals surface area contributed by atoms with Crippen LogP contribution in [0.15, 0.2) is 24.4 Å². The van der Waals surface area contributed by atoms with Crippen LogP contribution in [0.2, 0.25) is 0 Å². The summed E-state index contributed by atoms with van der Waals surface area (Å²) in [6.07, 6.45) is 7.68. The lowest BCUT2D eigenvalue weighted by atomic mass is 10.4. The summed E-state index contributed by atoms with van der Waals surface area (Å²) in [6, 6.07) is 0. The van der Waals surface area contributed by atoms with E-state index in [-0.39, 0.29) is 19.2 Å². The first-order valence-electron chi connectivity index (χ1n) is 3.76. The highest BCUT2D eigenvalue weighted by Gasteiger charge is 2.02. The van der Waals surface area contributed by atoms with Crippen molar-refractivity contribution in [1.82, 2.24) is 4.90 Å². The fourth-order valence-corrected chi connectivity index (χ4v) is 0.817. The van der Waals surface area contributed by atoms with Crippen LogP contribution in [0.4, 0.5) is 0 Å². The van der Waals surface area contributed by atoms with Crippen LogP contribution in [0.25, 0.3) is 0 Å². The van der Waals surface area contributed by atoms with E-state index < -0.39 is 0 Å². The van der Waals surface area contributed by atoms with Gasteiger partial charge in [0, 0.05) is 12.7 Å². The predicted molar refractivity (Wildman–Crippen MR) is 45.0 cm³/mol. The molecule has 0 aliphatic carbocycles. The summed E-state index contributed by atoms with van der Waals surface area (Å²) in [5.74, 6) is -0.377. The molecule has 1 aliphatic heterocycles. The molecule has 1 heterocycles. The van der Waals surface area contributed by atoms with Gasteiger partial charge in [-0.2, -0.15) is 0 Å². The second-order valence-corrected chi connectivity index (χ2v) is 2.39. The molecule has 66 valence electrons. The number of hydrogen-bond donors (Lipinski definition) is 1. The molecular formula is C8H12N2O2. The van der Waals surface area contributed by atoms with Crippen LogP contribution in [-0.2, 0) is 9.53 Å². The van der Waals surface area contributed by atoms with Crippen molar-refractivity contribution in [2.75, 3.05) is 19.8 Å². The number of allylic oxidation sites excluding steroid dienone is 2. The third-order valence-electron chi connectivity index (χ3n) is 1.44. The van der Waals surface area contributed by atoms with Crippen LogP contribution in [0.1, 0.15) is 0 Å². The van der Waals surface area contributed by atoms with Gasteiger partial charge in [0.15, 0.2) is 6.73 Å². The van der Waals surface area contributed by atoms with Gasteiger partial charge >= 0.3 is 5.97 Å². The Hall–Kier alpha value is -1.29. The van der Waals surface area contributed by atoms with Crippen molar-refractivity contribution in [3.8, 4) is 0 Å². The lowest BCUT2D eigenvalue weighted by molar-refractivity contribution is -0.145. The van der Waals surface area contributed by atoms with Gasteiger partial charge in [0.05, 0.1) is 6.54 Å². The number of hydrogen-bond acceptors (Lipinski definition) is 4. The molecule has 0 atom stereocenters. The zero-order chi connectivity index (χ0) is 8.81. The maximum atomic E-state index is 10.6. The van der Waals surface area contributed by atoms with Crippen LogP contribution in [0.5, 0.6) is 0 Å². The van der Waals surface area contributed by atoms with Gasteiger partial charge in [-0.1, -0.05) is 12.2 Å². The van der Waals surface area contributed by atoms with E-state index in [1.807, 2.05) is 29.3 Å². The van der Waals surface area contributed by atoms with E-state index in [1.54, 1.807) is 0 Å². The van der Waals surface area contributed by atoms with E-state index in [2.05, 4.69) is 0 Å². The second kappa shape index (κ2) is 4.56. The first kappa shape index (κ1) is 8.80. The highest BCUT2D eigenvalue weighted by Crippen LogP contribution is 1.97. The molecule has 0 fully saturated rings. The molecule has 0 aromatic carbocycles. The largest absolute Gasteiger partial charge is 0.443 e. The van der Waals surface area contributed by atoms with Gasteiger partial charge in [0.1, 0.15) is 0 Å². The maximum Gasteiger partial charge on any atom is 0.321 e. The average molecular weight is 168 g/mol. The van der Waals surface area contributed by atoms with Crippen molar-refractivity contribution in [1.29, 1.82) is 0 Å². The molecule has 0 amide bonds. The molecule has 0 radical (unpaired) electrons. The number of esters is 1. The molecule has 12 heavy (non-hydrogen) atoms. The molecule has 0 spiro atoms. The molecule has 0 saturated heterocycles. The van der Waals surface area contributed by atoms with Crippen LogP contribution in [0, 0.1) is 0 Å². The molecular weight excluding hydrogens is 156 g/mol. The summed E-state index contributed by atoms with van der Waals surface area (Å²) in [5, 5.41) is 0. The number of nitrogens with zero attached hydrogens (tertiary/aromatic N) is 1. The summed E-state index contributed by atoms with van der Waals surface area (Å²) in [4.78, 5) is 12.5. The van der Waals surface area contributed by atoms with Crippen LogP contribution in [0.3, 0.4) is 0 Å². The Morgan fingerprint density at radius 3 is 3.00 bits per heavy atom. The Bertz CT molecular complexity index is 211. The van der Waals surface area contributed by atoms with Crippen molar-refractivity contribution < 1.29 is 9.53 Å². The van der Waals surface area contributed by atoms with Gasteiger partial charge in [-0.15, -0.1) is 0 Å². The van der Waals surface area contributed by atoms with Crippen LogP contribution < -0.4 is 5.73 Å². The van der Waals surface area contributed by atoms with Crippen LogP contribution in [-0.4, -0.2) is 30.7 Å². The molecule has 1 aliphatic rings. The molecule has 1 rings (SSSR count).